The number of esters is 4. The van der Waals surface area contributed by atoms with E-state index >= 15 is 0 Å². The first kappa shape index (κ1) is 88.1. The molecule has 5 atom stereocenters. The Bertz CT molecular complexity index is 1770. The van der Waals surface area contributed by atoms with Crippen LogP contribution in [-0.2, 0) is 65.4 Å². The van der Waals surface area contributed by atoms with Crippen LogP contribution in [0.2, 0.25) is 0 Å². The Morgan fingerprint density at radius 1 is 0.300 bits per heavy atom. The quantitative estimate of drug-likeness (QED) is 0.0222. The van der Waals surface area contributed by atoms with Gasteiger partial charge in [0.1, 0.15) is 19.3 Å². The maximum atomic E-state index is 13.0. The second-order valence-electron chi connectivity index (χ2n) is 27.1. The predicted molar refractivity (Wildman–Crippen MR) is 363 cm³/mol. The topological polar surface area (TPSA) is 237 Å². The third-order valence-electron chi connectivity index (χ3n) is 16.4. The summed E-state index contributed by atoms with van der Waals surface area (Å²) < 4.78 is 68.3. The van der Waals surface area contributed by atoms with Crippen LogP contribution in [0.5, 0.6) is 0 Å². The molecule has 0 bridgehead atoms. The molecule has 0 saturated carbocycles. The molecule has 2 unspecified atom stereocenters. The lowest BCUT2D eigenvalue weighted by atomic mass is 10.0. The Balaban J connectivity index is 5.24. The summed E-state index contributed by atoms with van der Waals surface area (Å²) in [6.45, 7) is 11.8. The molecule has 0 aliphatic carbocycles. The Morgan fingerprint density at radius 3 is 0.756 bits per heavy atom. The average Bonchev–Trinajstić information content (AvgIpc) is 2.99. The van der Waals surface area contributed by atoms with Crippen molar-refractivity contribution in [1.29, 1.82) is 0 Å². The number of rotatable bonds is 69. The van der Waals surface area contributed by atoms with Crippen molar-refractivity contribution in [3.05, 3.63) is 0 Å². The van der Waals surface area contributed by atoms with Crippen LogP contribution < -0.4 is 0 Å². The molecule has 3 N–H and O–H groups in total. The van der Waals surface area contributed by atoms with Gasteiger partial charge in [-0.1, -0.05) is 305 Å². The highest BCUT2D eigenvalue weighted by atomic mass is 31.2. The largest absolute Gasteiger partial charge is 0.472 e. The minimum Gasteiger partial charge on any atom is -0.462 e. The van der Waals surface area contributed by atoms with Gasteiger partial charge in [0.25, 0.3) is 0 Å². The van der Waals surface area contributed by atoms with Gasteiger partial charge in [0.05, 0.1) is 26.4 Å². The third-order valence-corrected chi connectivity index (χ3v) is 18.3. The number of aliphatic hydroxyl groups excluding tert-OH is 1. The number of unbranched alkanes of at least 4 members (excludes halogenated alkanes) is 37. The van der Waals surface area contributed by atoms with Crippen molar-refractivity contribution in [2.75, 3.05) is 39.6 Å². The highest BCUT2D eigenvalue weighted by Gasteiger charge is 2.30. The first-order valence-corrected chi connectivity index (χ1v) is 39.8. The summed E-state index contributed by atoms with van der Waals surface area (Å²) in [5.74, 6) is 0.131. The maximum Gasteiger partial charge on any atom is 0.472 e. The molecule has 0 spiro atoms. The molecule has 19 heteroatoms. The molecule has 534 valence electrons. The van der Waals surface area contributed by atoms with Crippen LogP contribution in [0, 0.1) is 17.8 Å². The van der Waals surface area contributed by atoms with Gasteiger partial charge in [0, 0.05) is 25.7 Å². The summed E-state index contributed by atoms with van der Waals surface area (Å²) in [4.78, 5) is 72.5. The second-order valence-corrected chi connectivity index (χ2v) is 30.0. The van der Waals surface area contributed by atoms with Gasteiger partial charge in [-0.25, -0.2) is 9.13 Å². The molecule has 0 radical (unpaired) electrons. The number of hydrogen-bond acceptors (Lipinski definition) is 15. The van der Waals surface area contributed by atoms with Crippen LogP contribution in [0.25, 0.3) is 0 Å². The summed E-state index contributed by atoms with van der Waals surface area (Å²) in [5, 5.41) is 10.6. The van der Waals surface area contributed by atoms with Crippen molar-refractivity contribution in [1.82, 2.24) is 0 Å². The molecule has 0 aliphatic rings. The SMILES string of the molecule is CCCCCCCCCCCCC(=O)OC[C@H](COP(=O)(O)OC[C@H](O)COP(=O)(O)OC[C@@H](COC(=O)CCCCCCCCCCCC(C)C)OC(=O)CCCCCCCCCCCCCCCCC(C)C)OC(=O)CCCCCCCCCCC(C)C. The molecule has 0 aromatic heterocycles. The van der Waals surface area contributed by atoms with Gasteiger partial charge < -0.3 is 33.8 Å². The normalized spacial score (nSPS) is 14.2. The van der Waals surface area contributed by atoms with E-state index in [4.69, 9.17) is 37.0 Å². The molecule has 0 amide bonds. The van der Waals surface area contributed by atoms with Crippen molar-refractivity contribution in [2.24, 2.45) is 17.8 Å². The highest BCUT2D eigenvalue weighted by Crippen LogP contribution is 2.45. The lowest BCUT2D eigenvalue weighted by molar-refractivity contribution is -0.161. The van der Waals surface area contributed by atoms with Gasteiger partial charge in [-0.05, 0) is 43.4 Å². The van der Waals surface area contributed by atoms with Gasteiger partial charge >= 0.3 is 39.5 Å². The molecule has 0 rings (SSSR count). The number of phosphoric ester groups is 2. The fourth-order valence-electron chi connectivity index (χ4n) is 10.7. The van der Waals surface area contributed by atoms with E-state index < -0.39 is 97.5 Å². The number of hydrogen-bond donors (Lipinski definition) is 3. The first-order valence-electron chi connectivity index (χ1n) is 36.8. The zero-order valence-electron chi connectivity index (χ0n) is 58.6. The van der Waals surface area contributed by atoms with E-state index in [2.05, 4.69) is 48.5 Å². The minimum absolute atomic E-state index is 0.104. The summed E-state index contributed by atoms with van der Waals surface area (Å²) >= 11 is 0. The first-order chi connectivity index (χ1) is 43.2. The van der Waals surface area contributed by atoms with E-state index in [9.17, 15) is 43.2 Å². The number of aliphatic hydroxyl groups is 1. The summed E-state index contributed by atoms with van der Waals surface area (Å²) in [6.07, 6.45) is 45.8. The monoisotopic (exact) mass is 1320 g/mol. The molecule has 0 aromatic carbocycles. The van der Waals surface area contributed by atoms with Crippen LogP contribution >= 0.6 is 15.6 Å². The van der Waals surface area contributed by atoms with Gasteiger partial charge in [-0.2, -0.15) is 0 Å². The van der Waals surface area contributed by atoms with Crippen molar-refractivity contribution < 1.29 is 80.2 Å². The summed E-state index contributed by atoms with van der Waals surface area (Å²) in [5.41, 5.74) is 0. The van der Waals surface area contributed by atoms with Gasteiger partial charge in [0.15, 0.2) is 12.2 Å². The molecule has 0 saturated heterocycles. The van der Waals surface area contributed by atoms with Crippen molar-refractivity contribution in [3.63, 3.8) is 0 Å². The van der Waals surface area contributed by atoms with E-state index in [1.165, 1.54) is 167 Å². The zero-order chi connectivity index (χ0) is 66.6. The molecule has 0 aliphatic heterocycles. The van der Waals surface area contributed by atoms with Crippen LogP contribution in [0.3, 0.4) is 0 Å². The Kier molecular flexibility index (Phi) is 60.6. The maximum absolute atomic E-state index is 13.0. The highest BCUT2D eigenvalue weighted by molar-refractivity contribution is 7.47. The number of carbonyl (C=O) groups is 4. The Morgan fingerprint density at radius 2 is 0.511 bits per heavy atom. The number of ether oxygens (including phenoxy) is 4. The van der Waals surface area contributed by atoms with Crippen LogP contribution in [-0.4, -0.2) is 96.7 Å². The second kappa shape index (κ2) is 61.9. The van der Waals surface area contributed by atoms with Gasteiger partial charge in [-0.3, -0.25) is 37.3 Å². The molecule has 0 heterocycles. The fraction of sp³-hybridized carbons (Fsp3) is 0.944. The van der Waals surface area contributed by atoms with Crippen molar-refractivity contribution in [2.45, 2.75) is 375 Å². The number of carbonyl (C=O) groups excluding carboxylic acids is 4. The summed E-state index contributed by atoms with van der Waals surface area (Å²) in [6, 6.07) is 0. The van der Waals surface area contributed by atoms with E-state index in [1.807, 2.05) is 0 Å². The lowest BCUT2D eigenvalue weighted by Gasteiger charge is -2.21. The fourth-order valence-corrected chi connectivity index (χ4v) is 12.3. The minimum atomic E-state index is -4.95. The standard InChI is InChI=1S/C71H138O17P2/c1-8-9-10-11-12-13-23-31-38-45-52-68(73)81-59-67(88-71(76)55-48-41-34-27-26-30-37-44-51-64(6)7)61-86-90(79,80)84-57-65(72)56-83-89(77,78)85-60-66(58-82-69(74)53-46-39-32-25-20-22-29-36-43-50-63(4)5)87-70(75)54-47-40-33-24-19-17-15-14-16-18-21-28-35-42-49-62(2)3/h62-67,72H,8-61H2,1-7H3,(H,77,78)(H,79,80)/t65-,66-,67-/m1/s1. The van der Waals surface area contributed by atoms with Crippen LogP contribution in [0.1, 0.15) is 357 Å². The van der Waals surface area contributed by atoms with Crippen LogP contribution in [0.15, 0.2) is 0 Å². The van der Waals surface area contributed by atoms with Crippen LogP contribution in [0.4, 0.5) is 0 Å². The zero-order valence-corrected chi connectivity index (χ0v) is 60.4. The average molecular weight is 1330 g/mol. The molecule has 0 aromatic rings. The molecule has 90 heavy (non-hydrogen) atoms. The van der Waals surface area contributed by atoms with E-state index in [0.29, 0.717) is 25.7 Å². The predicted octanol–water partition coefficient (Wildman–Crippen LogP) is 20.2. The Labute approximate surface area is 549 Å². The van der Waals surface area contributed by atoms with E-state index in [0.717, 1.165) is 108 Å². The number of phosphoric acid groups is 2. The smallest absolute Gasteiger partial charge is 0.462 e. The van der Waals surface area contributed by atoms with Crippen molar-refractivity contribution >= 4 is 39.5 Å². The molecular weight excluding hydrogens is 1190 g/mol. The van der Waals surface area contributed by atoms with Gasteiger partial charge in [0.2, 0.25) is 0 Å². The molecular formula is C71H138O17P2. The summed E-state index contributed by atoms with van der Waals surface area (Å²) in [7, 11) is -9.90. The lowest BCUT2D eigenvalue weighted by Crippen LogP contribution is -2.30. The molecule has 0 fully saturated rings. The van der Waals surface area contributed by atoms with Gasteiger partial charge in [-0.15, -0.1) is 0 Å². The van der Waals surface area contributed by atoms with E-state index in [1.54, 1.807) is 0 Å². The Hall–Kier alpha value is -1.94. The van der Waals surface area contributed by atoms with E-state index in [-0.39, 0.29) is 25.7 Å². The third kappa shape index (κ3) is 64.8. The molecule has 17 nitrogen and oxygen atoms in total. The van der Waals surface area contributed by atoms with Crippen molar-refractivity contribution in [3.8, 4) is 0 Å².